The quantitative estimate of drug-likeness (QED) is 0.523. The smallest absolute Gasteiger partial charge is 0.216 e. The van der Waals surface area contributed by atoms with E-state index in [1.165, 1.54) is 0 Å². The number of fused-ring (bicyclic) bond motifs is 3. The summed E-state index contributed by atoms with van der Waals surface area (Å²) >= 11 is 0. The summed E-state index contributed by atoms with van der Waals surface area (Å²) < 4.78 is 4.33. The molecule has 1 aromatic rings. The maximum atomic E-state index is 4.34. The van der Waals surface area contributed by atoms with Crippen LogP contribution in [0.3, 0.4) is 0 Å². The van der Waals surface area contributed by atoms with Crippen LogP contribution < -0.4 is 4.67 Å². The molecule has 3 rings (SSSR count). The normalized spacial score (nSPS) is 16.9. The highest BCUT2D eigenvalue weighted by Crippen LogP contribution is 2.23. The van der Waals surface area contributed by atoms with Gasteiger partial charge in [-0.3, -0.25) is 0 Å². The minimum Gasteiger partial charge on any atom is -0.216 e. The molecule has 62 valence electrons. The highest BCUT2D eigenvalue weighted by atomic mass is 15.2. The lowest BCUT2D eigenvalue weighted by Crippen LogP contribution is -2.30. The van der Waals surface area contributed by atoms with Crippen molar-refractivity contribution in [2.75, 3.05) is 6.54 Å². The largest absolute Gasteiger partial charge is 0.385 e. The maximum Gasteiger partial charge on any atom is 0.385 e. The molecule has 0 N–H and O–H groups in total. The van der Waals surface area contributed by atoms with Crippen LogP contribution >= 0.6 is 0 Å². The van der Waals surface area contributed by atoms with Crippen LogP contribution in [-0.4, -0.2) is 29.8 Å². The lowest BCUT2D eigenvalue weighted by molar-refractivity contribution is 0.741. The van der Waals surface area contributed by atoms with Gasteiger partial charge in [-0.15, -0.1) is 0 Å². The first kappa shape index (κ1) is 6.63. The number of hydrogen-bond acceptors (Lipinski definition) is 2. The van der Waals surface area contributed by atoms with Crippen molar-refractivity contribution in [3.63, 3.8) is 0 Å². The second-order valence-corrected chi connectivity index (χ2v) is 3.05. The molecule has 2 aliphatic heterocycles. The first-order valence-electron chi connectivity index (χ1n) is 4.25. The van der Waals surface area contributed by atoms with Crippen LogP contribution in [0.15, 0.2) is 29.3 Å². The summed E-state index contributed by atoms with van der Waals surface area (Å²) in [5.41, 5.74) is 2.13. The highest BCUT2D eigenvalue weighted by Gasteiger charge is 2.30. The SMILES string of the molecule is C1=Nc2ccccc2C2=[N+]=CCN12. The monoisotopic (exact) mass is 170 g/mol. The van der Waals surface area contributed by atoms with Gasteiger partial charge in [0.05, 0.1) is 5.69 Å². The number of hydrogen-bond donors (Lipinski definition) is 0. The molecule has 1 aromatic carbocycles. The van der Waals surface area contributed by atoms with E-state index >= 15 is 0 Å². The fraction of sp³-hybridized carbons (Fsp3) is 0.100. The van der Waals surface area contributed by atoms with Crippen LogP contribution in [0.2, 0.25) is 0 Å². The van der Waals surface area contributed by atoms with Crippen molar-refractivity contribution < 1.29 is 0 Å². The Balaban J connectivity index is 2.28. The van der Waals surface area contributed by atoms with E-state index in [1.807, 2.05) is 35.7 Å². The molecule has 13 heavy (non-hydrogen) atoms. The third-order valence-electron chi connectivity index (χ3n) is 2.25. The van der Waals surface area contributed by atoms with Gasteiger partial charge < -0.3 is 0 Å². The first-order chi connectivity index (χ1) is 6.45. The zero-order valence-corrected chi connectivity index (χ0v) is 7.01. The van der Waals surface area contributed by atoms with Gasteiger partial charge in [-0.25, -0.2) is 9.66 Å². The fourth-order valence-electron chi connectivity index (χ4n) is 1.61. The molecule has 0 saturated carbocycles. The first-order valence-corrected chi connectivity index (χ1v) is 4.25. The van der Waals surface area contributed by atoms with Crippen LogP contribution in [0.25, 0.3) is 0 Å². The lowest BCUT2D eigenvalue weighted by atomic mass is 10.1. The summed E-state index contributed by atoms with van der Waals surface area (Å²) in [6.07, 6.45) is 3.74. The summed E-state index contributed by atoms with van der Waals surface area (Å²) in [7, 11) is 0. The number of benzene rings is 1. The predicted octanol–water partition coefficient (Wildman–Crippen LogP) is 0.560. The molecule has 2 aliphatic rings. The Kier molecular flexibility index (Phi) is 1.18. The predicted molar refractivity (Wildman–Crippen MR) is 53.6 cm³/mol. The van der Waals surface area contributed by atoms with Crippen molar-refractivity contribution in [3.8, 4) is 0 Å². The molecule has 0 saturated heterocycles. The Hall–Kier alpha value is -1.86. The van der Waals surface area contributed by atoms with E-state index in [0.717, 1.165) is 23.6 Å². The Morgan fingerprint density at radius 1 is 1.31 bits per heavy atom. The highest BCUT2D eigenvalue weighted by molar-refractivity contribution is 6.13. The second-order valence-electron chi connectivity index (χ2n) is 3.05. The Morgan fingerprint density at radius 2 is 2.23 bits per heavy atom. The molecule has 0 atom stereocenters. The maximum absolute atomic E-state index is 4.34. The molecule has 0 fully saturated rings. The minimum absolute atomic E-state index is 0.840. The van der Waals surface area contributed by atoms with E-state index < -0.39 is 0 Å². The van der Waals surface area contributed by atoms with E-state index in [0.29, 0.717) is 0 Å². The number of para-hydroxylation sites is 1. The molecule has 0 aliphatic carbocycles. The number of aliphatic imine (C=N–C) groups is 1. The minimum atomic E-state index is 0.840. The zero-order valence-electron chi connectivity index (χ0n) is 7.01. The molecule has 3 nitrogen and oxygen atoms in total. The molecule has 0 amide bonds. The van der Waals surface area contributed by atoms with Crippen LogP contribution in [0, 0.1) is 0 Å². The van der Waals surface area contributed by atoms with Gasteiger partial charge in [0.25, 0.3) is 0 Å². The third kappa shape index (κ3) is 0.848. The zero-order chi connectivity index (χ0) is 8.67. The number of nitrogens with zero attached hydrogens (tertiary/aromatic N) is 3. The number of amidine groups is 1. The van der Waals surface area contributed by atoms with E-state index in [1.54, 1.807) is 0 Å². The summed E-state index contributed by atoms with van der Waals surface area (Å²) in [4.78, 5) is 6.38. The molecule has 3 heteroatoms. The van der Waals surface area contributed by atoms with Crippen molar-refractivity contribution in [3.05, 3.63) is 29.8 Å². The summed E-state index contributed by atoms with van der Waals surface area (Å²) in [6.45, 7) is 0.840. The van der Waals surface area contributed by atoms with Crippen molar-refractivity contribution >= 4 is 24.1 Å². The molecular formula is C10H8N3+. The topological polar surface area (TPSA) is 29.7 Å². The van der Waals surface area contributed by atoms with E-state index in [2.05, 4.69) is 15.7 Å². The van der Waals surface area contributed by atoms with Crippen LogP contribution in [-0.2, 0) is 0 Å². The molecule has 2 heterocycles. The molecule has 0 bridgehead atoms. The third-order valence-corrected chi connectivity index (χ3v) is 2.25. The number of rotatable bonds is 0. The average molecular weight is 170 g/mol. The average Bonchev–Trinajstić information content (AvgIpc) is 2.65. The van der Waals surface area contributed by atoms with Crippen LogP contribution in [0.1, 0.15) is 5.56 Å². The van der Waals surface area contributed by atoms with Crippen molar-refractivity contribution in [1.29, 1.82) is 0 Å². The van der Waals surface area contributed by atoms with Crippen LogP contribution in [0.5, 0.6) is 0 Å². The fourth-order valence-corrected chi connectivity index (χ4v) is 1.61. The van der Waals surface area contributed by atoms with Gasteiger partial charge in [0, 0.05) is 0 Å². The van der Waals surface area contributed by atoms with Crippen molar-refractivity contribution in [2.45, 2.75) is 0 Å². The Bertz CT molecular complexity index is 453. The summed E-state index contributed by atoms with van der Waals surface area (Å²) in [5, 5.41) is 0. The standard InChI is InChI=1S/C10H8N3/c1-2-4-9-8(3-1)10-11-5-6-13(10)7-12-9/h1-5,7H,6H2/q+1. The van der Waals surface area contributed by atoms with Gasteiger partial charge in [-0.2, -0.15) is 4.90 Å². The lowest BCUT2D eigenvalue weighted by Gasteiger charge is -2.10. The molecular weight excluding hydrogens is 162 g/mol. The van der Waals surface area contributed by atoms with Gasteiger partial charge in [-0.1, -0.05) is 12.1 Å². The molecule has 0 unspecified atom stereocenters. The Morgan fingerprint density at radius 3 is 3.23 bits per heavy atom. The van der Waals surface area contributed by atoms with E-state index in [9.17, 15) is 0 Å². The Labute approximate surface area is 75.8 Å². The van der Waals surface area contributed by atoms with Gasteiger partial charge in [-0.05, 0) is 12.1 Å². The van der Waals surface area contributed by atoms with Gasteiger partial charge in [0.1, 0.15) is 5.56 Å². The van der Waals surface area contributed by atoms with Gasteiger partial charge >= 0.3 is 5.84 Å². The summed E-state index contributed by atoms with van der Waals surface area (Å²) in [5.74, 6) is 1.02. The van der Waals surface area contributed by atoms with E-state index in [-0.39, 0.29) is 0 Å². The van der Waals surface area contributed by atoms with Gasteiger partial charge in [0.2, 0.25) is 6.21 Å². The molecule has 0 aromatic heterocycles. The van der Waals surface area contributed by atoms with E-state index in [4.69, 9.17) is 0 Å². The second kappa shape index (κ2) is 2.31. The summed E-state index contributed by atoms with van der Waals surface area (Å²) in [6, 6.07) is 8.06. The van der Waals surface area contributed by atoms with Crippen molar-refractivity contribution in [2.24, 2.45) is 4.99 Å². The molecule has 0 spiro atoms. The van der Waals surface area contributed by atoms with Crippen LogP contribution in [0.4, 0.5) is 5.69 Å². The van der Waals surface area contributed by atoms with Gasteiger partial charge in [0.15, 0.2) is 12.9 Å². The molecule has 0 radical (unpaired) electrons. The van der Waals surface area contributed by atoms with Crippen molar-refractivity contribution in [1.82, 2.24) is 9.57 Å².